The maximum Gasteiger partial charge on any atom is 0.230 e. The summed E-state index contributed by atoms with van der Waals surface area (Å²) in [6.07, 6.45) is 4.99. The van der Waals surface area contributed by atoms with E-state index < -0.39 is 0 Å². The van der Waals surface area contributed by atoms with E-state index in [4.69, 9.17) is 9.47 Å². The smallest absolute Gasteiger partial charge is 0.230 e. The molecule has 0 spiro atoms. The average molecular weight is 354 g/mol. The number of aryl methyl sites for hydroxylation is 2. The molecule has 4 rings (SSSR count). The third-order valence-electron chi connectivity index (χ3n) is 4.75. The first-order valence-electron chi connectivity index (χ1n) is 9.41. The molecule has 0 amide bonds. The van der Waals surface area contributed by atoms with Crippen molar-refractivity contribution in [3.8, 4) is 23.3 Å². The van der Waals surface area contributed by atoms with Crippen molar-refractivity contribution < 1.29 is 9.47 Å². The monoisotopic (exact) mass is 354 g/mol. The normalized spacial score (nSPS) is 12.4. The van der Waals surface area contributed by atoms with E-state index in [1.54, 1.807) is 0 Å². The van der Waals surface area contributed by atoms with Crippen molar-refractivity contribution >= 4 is 0 Å². The van der Waals surface area contributed by atoms with Gasteiger partial charge >= 0.3 is 0 Å². The van der Waals surface area contributed by atoms with Gasteiger partial charge in [-0.2, -0.15) is 0 Å². The van der Waals surface area contributed by atoms with Gasteiger partial charge in [0, 0.05) is 11.1 Å². The molecule has 0 aliphatic heterocycles. The molecule has 0 radical (unpaired) electrons. The second-order valence-corrected chi connectivity index (χ2v) is 6.68. The van der Waals surface area contributed by atoms with Crippen molar-refractivity contribution in [2.24, 2.45) is 0 Å². The molecule has 3 aromatic carbocycles. The lowest BCUT2D eigenvalue weighted by atomic mass is 9.90. The Morgan fingerprint density at radius 1 is 0.630 bits per heavy atom. The first kappa shape index (κ1) is 17.2. The first-order chi connectivity index (χ1) is 13.4. The first-order valence-corrected chi connectivity index (χ1v) is 9.41. The van der Waals surface area contributed by atoms with Gasteiger partial charge in [0.25, 0.3) is 0 Å². The molecule has 0 fully saturated rings. The Balaban J connectivity index is 1.35. The molecule has 27 heavy (non-hydrogen) atoms. The van der Waals surface area contributed by atoms with Gasteiger partial charge < -0.3 is 9.47 Å². The topological polar surface area (TPSA) is 18.5 Å². The number of benzene rings is 3. The molecule has 0 aromatic heterocycles. The number of ether oxygens (including phenoxy) is 2. The van der Waals surface area contributed by atoms with Gasteiger partial charge in [-0.1, -0.05) is 36.1 Å². The second-order valence-electron chi connectivity index (χ2n) is 6.68. The van der Waals surface area contributed by atoms with E-state index in [-0.39, 0.29) is 6.79 Å². The Morgan fingerprint density at radius 3 is 2.04 bits per heavy atom. The van der Waals surface area contributed by atoms with Crippen molar-refractivity contribution in [1.29, 1.82) is 0 Å². The fourth-order valence-corrected chi connectivity index (χ4v) is 3.27. The zero-order chi connectivity index (χ0) is 18.3. The molecule has 0 bridgehead atoms. The van der Waals surface area contributed by atoms with Crippen LogP contribution >= 0.6 is 0 Å². The summed E-state index contributed by atoms with van der Waals surface area (Å²) in [4.78, 5) is 0. The van der Waals surface area contributed by atoms with Crippen molar-refractivity contribution in [3.05, 3.63) is 95.1 Å². The Morgan fingerprint density at radius 2 is 1.26 bits per heavy atom. The highest BCUT2D eigenvalue weighted by Gasteiger charge is 2.08. The van der Waals surface area contributed by atoms with Crippen LogP contribution in [0.4, 0.5) is 0 Å². The molecule has 0 heterocycles. The molecule has 1 aliphatic rings. The number of hydrogen-bond acceptors (Lipinski definition) is 2. The van der Waals surface area contributed by atoms with Gasteiger partial charge in [0.15, 0.2) is 0 Å². The van der Waals surface area contributed by atoms with E-state index in [2.05, 4.69) is 30.0 Å². The molecule has 2 heteroatoms. The summed E-state index contributed by atoms with van der Waals surface area (Å²) in [6, 6.07) is 24.1. The minimum atomic E-state index is 0.185. The maximum atomic E-state index is 5.62. The molecule has 0 unspecified atom stereocenters. The highest BCUT2D eigenvalue weighted by atomic mass is 16.7. The van der Waals surface area contributed by atoms with Crippen LogP contribution in [0.2, 0.25) is 0 Å². The Kier molecular flexibility index (Phi) is 5.41. The highest BCUT2D eigenvalue weighted by molar-refractivity contribution is 5.47. The van der Waals surface area contributed by atoms with Crippen LogP contribution < -0.4 is 9.47 Å². The van der Waals surface area contributed by atoms with Crippen LogP contribution in [0.5, 0.6) is 11.5 Å². The van der Waals surface area contributed by atoms with Gasteiger partial charge in [-0.15, -0.1) is 0 Å². The summed E-state index contributed by atoms with van der Waals surface area (Å²) in [7, 11) is 0. The number of fused-ring (bicyclic) bond motifs is 1. The van der Waals surface area contributed by atoms with Crippen molar-refractivity contribution in [2.45, 2.75) is 25.7 Å². The van der Waals surface area contributed by atoms with E-state index in [0.717, 1.165) is 22.6 Å². The Labute approximate surface area is 160 Å². The third kappa shape index (κ3) is 4.71. The molecular formula is C25H22O2. The minimum Gasteiger partial charge on any atom is -0.458 e. The lowest BCUT2D eigenvalue weighted by molar-refractivity contribution is 0.120. The molecule has 0 saturated carbocycles. The standard InChI is InChI=1S/C25H22O2/c1-2-8-24(9-3-1)26-19-27-25-16-13-20(14-17-25)10-11-21-12-15-22-6-4-5-7-23(22)18-21/h1-3,8-9,12-18H,4-7,19H2. The SMILES string of the molecule is C(#Cc1ccc2c(c1)CCCC2)c1ccc(OCOc2ccccc2)cc1. The summed E-state index contributed by atoms with van der Waals surface area (Å²) in [5, 5.41) is 0. The van der Waals surface area contributed by atoms with Gasteiger partial charge in [-0.25, -0.2) is 0 Å². The minimum absolute atomic E-state index is 0.185. The van der Waals surface area contributed by atoms with Crippen molar-refractivity contribution in [2.75, 3.05) is 6.79 Å². The molecule has 1 aliphatic carbocycles. The quantitative estimate of drug-likeness (QED) is 0.462. The molecule has 134 valence electrons. The van der Waals surface area contributed by atoms with E-state index in [1.165, 1.54) is 36.8 Å². The number of hydrogen-bond donors (Lipinski definition) is 0. The van der Waals surface area contributed by atoms with Gasteiger partial charge in [-0.05, 0) is 85.3 Å². The average Bonchev–Trinajstić information content (AvgIpc) is 2.74. The zero-order valence-electron chi connectivity index (χ0n) is 15.3. The van der Waals surface area contributed by atoms with Crippen LogP contribution in [0.3, 0.4) is 0 Å². The molecule has 0 saturated heterocycles. The second kappa shape index (κ2) is 8.47. The summed E-state index contributed by atoms with van der Waals surface area (Å²) < 4.78 is 11.2. The highest BCUT2D eigenvalue weighted by Crippen LogP contribution is 2.22. The van der Waals surface area contributed by atoms with Crippen LogP contribution in [0, 0.1) is 11.8 Å². The Hall–Kier alpha value is -3.18. The summed E-state index contributed by atoms with van der Waals surface area (Å²) in [5.41, 5.74) is 5.03. The van der Waals surface area contributed by atoms with Crippen LogP contribution in [0.15, 0.2) is 72.8 Å². The fourth-order valence-electron chi connectivity index (χ4n) is 3.27. The number of para-hydroxylation sites is 1. The van der Waals surface area contributed by atoms with Crippen LogP contribution in [0.25, 0.3) is 0 Å². The predicted molar refractivity (Wildman–Crippen MR) is 108 cm³/mol. The maximum absolute atomic E-state index is 5.62. The van der Waals surface area contributed by atoms with Gasteiger partial charge in [0.05, 0.1) is 0 Å². The largest absolute Gasteiger partial charge is 0.458 e. The zero-order valence-corrected chi connectivity index (χ0v) is 15.3. The Bertz CT molecular complexity index is 947. The van der Waals surface area contributed by atoms with E-state index >= 15 is 0 Å². The van der Waals surface area contributed by atoms with Crippen LogP contribution in [-0.2, 0) is 12.8 Å². The molecule has 0 N–H and O–H groups in total. The molecule has 0 atom stereocenters. The van der Waals surface area contributed by atoms with Crippen molar-refractivity contribution in [3.63, 3.8) is 0 Å². The lowest BCUT2D eigenvalue weighted by Gasteiger charge is -2.15. The van der Waals surface area contributed by atoms with E-state index in [0.29, 0.717) is 0 Å². The number of rotatable bonds is 4. The van der Waals surface area contributed by atoms with Gasteiger partial charge in [0.2, 0.25) is 6.79 Å². The van der Waals surface area contributed by atoms with Crippen LogP contribution in [-0.4, -0.2) is 6.79 Å². The molecule has 3 aromatic rings. The molecular weight excluding hydrogens is 332 g/mol. The summed E-state index contributed by atoms with van der Waals surface area (Å²) >= 11 is 0. The fraction of sp³-hybridized carbons (Fsp3) is 0.200. The van der Waals surface area contributed by atoms with Crippen LogP contribution in [0.1, 0.15) is 35.1 Å². The lowest BCUT2D eigenvalue weighted by Crippen LogP contribution is -2.05. The molecule has 2 nitrogen and oxygen atoms in total. The van der Waals surface area contributed by atoms with Gasteiger partial charge in [-0.3, -0.25) is 0 Å². The third-order valence-corrected chi connectivity index (χ3v) is 4.75. The summed E-state index contributed by atoms with van der Waals surface area (Å²) in [6.45, 7) is 0.185. The van der Waals surface area contributed by atoms with Crippen molar-refractivity contribution in [1.82, 2.24) is 0 Å². The van der Waals surface area contributed by atoms with E-state index in [9.17, 15) is 0 Å². The van der Waals surface area contributed by atoms with Gasteiger partial charge in [0.1, 0.15) is 11.5 Å². The van der Waals surface area contributed by atoms with E-state index in [1.807, 2.05) is 54.6 Å². The summed E-state index contributed by atoms with van der Waals surface area (Å²) in [5.74, 6) is 8.08. The predicted octanol–water partition coefficient (Wildman–Crippen LogP) is 5.38.